The fourth-order valence-electron chi connectivity index (χ4n) is 2.38. The molecule has 0 amide bonds. The van der Waals surface area contributed by atoms with Gasteiger partial charge in [-0.1, -0.05) is 6.07 Å². The van der Waals surface area contributed by atoms with Crippen LogP contribution in [0.1, 0.15) is 5.56 Å². The smallest absolute Gasteiger partial charge is 0.175 e. The minimum atomic E-state index is -3.19. The fraction of sp³-hybridized carbons (Fsp3) is 0.571. The van der Waals surface area contributed by atoms with Crippen LogP contribution in [0.4, 0.5) is 0 Å². The maximum absolute atomic E-state index is 11.5. The molecule has 0 bridgehead atoms. The van der Waals surface area contributed by atoms with Gasteiger partial charge in [-0.2, -0.15) is 0 Å². The number of sulfone groups is 1. The average Bonchev–Trinajstić information content (AvgIpc) is 2.45. The Balaban J connectivity index is 2.07. The third-order valence-electron chi connectivity index (χ3n) is 3.59. The number of benzene rings is 1. The molecule has 0 atom stereocenters. The molecular formula is C14H22N2O3S. The van der Waals surface area contributed by atoms with Crippen molar-refractivity contribution >= 4 is 9.84 Å². The van der Waals surface area contributed by atoms with Gasteiger partial charge in [0.25, 0.3) is 0 Å². The molecule has 0 spiro atoms. The summed E-state index contributed by atoms with van der Waals surface area (Å²) in [4.78, 5) is 2.71. The van der Waals surface area contributed by atoms with Crippen molar-refractivity contribution in [2.24, 2.45) is 0 Å². The molecule has 1 aliphatic rings. The Labute approximate surface area is 120 Å². The molecule has 1 aliphatic heterocycles. The number of hydrogen-bond acceptors (Lipinski definition) is 5. The number of nitrogens with one attached hydrogen (secondary N) is 1. The van der Waals surface area contributed by atoms with E-state index in [9.17, 15) is 8.42 Å². The van der Waals surface area contributed by atoms with E-state index in [2.05, 4.69) is 10.2 Å². The van der Waals surface area contributed by atoms with Crippen LogP contribution in [0.25, 0.3) is 0 Å². The highest BCUT2D eigenvalue weighted by Crippen LogP contribution is 2.23. The molecule has 112 valence electrons. The Morgan fingerprint density at radius 3 is 2.60 bits per heavy atom. The zero-order valence-electron chi connectivity index (χ0n) is 12.1. The monoisotopic (exact) mass is 298 g/mol. The SMILES string of the molecule is COc1cc(S(C)(=O)=O)ccc1CCN1CCNCC1. The second kappa shape index (κ2) is 6.56. The van der Waals surface area contributed by atoms with Crippen LogP contribution in [0.15, 0.2) is 23.1 Å². The van der Waals surface area contributed by atoms with Crippen LogP contribution in [0.3, 0.4) is 0 Å². The largest absolute Gasteiger partial charge is 0.496 e. The van der Waals surface area contributed by atoms with E-state index in [1.165, 1.54) is 6.26 Å². The maximum Gasteiger partial charge on any atom is 0.175 e. The van der Waals surface area contributed by atoms with E-state index < -0.39 is 9.84 Å². The van der Waals surface area contributed by atoms with E-state index in [1.54, 1.807) is 19.2 Å². The van der Waals surface area contributed by atoms with Crippen LogP contribution >= 0.6 is 0 Å². The van der Waals surface area contributed by atoms with E-state index in [0.717, 1.165) is 44.7 Å². The molecule has 0 unspecified atom stereocenters. The first-order valence-electron chi connectivity index (χ1n) is 6.81. The van der Waals surface area contributed by atoms with Gasteiger partial charge in [-0.15, -0.1) is 0 Å². The van der Waals surface area contributed by atoms with Crippen molar-refractivity contribution in [1.82, 2.24) is 10.2 Å². The van der Waals surface area contributed by atoms with Crippen LogP contribution < -0.4 is 10.1 Å². The highest BCUT2D eigenvalue weighted by atomic mass is 32.2. The number of methoxy groups -OCH3 is 1. The number of nitrogens with zero attached hydrogens (tertiary/aromatic N) is 1. The summed E-state index contributed by atoms with van der Waals surface area (Å²) < 4.78 is 28.4. The average molecular weight is 298 g/mol. The number of hydrogen-bond donors (Lipinski definition) is 1. The van der Waals surface area contributed by atoms with E-state index in [0.29, 0.717) is 10.6 Å². The zero-order valence-corrected chi connectivity index (χ0v) is 12.9. The summed E-state index contributed by atoms with van der Waals surface area (Å²) in [6, 6.07) is 5.13. The third kappa shape index (κ3) is 3.94. The summed E-state index contributed by atoms with van der Waals surface area (Å²) in [6.45, 7) is 5.15. The van der Waals surface area contributed by atoms with Crippen molar-refractivity contribution in [1.29, 1.82) is 0 Å². The van der Waals surface area contributed by atoms with Crippen LogP contribution in [0, 0.1) is 0 Å². The number of ether oxygens (including phenoxy) is 1. The quantitative estimate of drug-likeness (QED) is 0.860. The van der Waals surface area contributed by atoms with E-state index >= 15 is 0 Å². The fourth-order valence-corrected chi connectivity index (χ4v) is 3.01. The first kappa shape index (κ1) is 15.3. The summed E-state index contributed by atoms with van der Waals surface area (Å²) >= 11 is 0. The normalized spacial score (nSPS) is 17.1. The Hall–Kier alpha value is -1.11. The lowest BCUT2D eigenvalue weighted by molar-refractivity contribution is 0.243. The van der Waals surface area contributed by atoms with Crippen molar-refractivity contribution in [3.8, 4) is 5.75 Å². The first-order valence-corrected chi connectivity index (χ1v) is 8.70. The molecule has 6 heteroatoms. The van der Waals surface area contributed by atoms with Gasteiger partial charge in [-0.05, 0) is 24.1 Å². The number of piperazine rings is 1. The van der Waals surface area contributed by atoms with Gasteiger partial charge in [0, 0.05) is 39.0 Å². The van der Waals surface area contributed by atoms with Crippen molar-refractivity contribution in [2.45, 2.75) is 11.3 Å². The van der Waals surface area contributed by atoms with Crippen LogP contribution in [0.2, 0.25) is 0 Å². The molecule has 1 N–H and O–H groups in total. The van der Waals surface area contributed by atoms with Crippen molar-refractivity contribution < 1.29 is 13.2 Å². The minimum absolute atomic E-state index is 0.306. The van der Waals surface area contributed by atoms with Crippen LogP contribution in [-0.4, -0.2) is 59.4 Å². The summed E-state index contributed by atoms with van der Waals surface area (Å²) in [6.07, 6.45) is 2.08. The molecule has 1 fully saturated rings. The van der Waals surface area contributed by atoms with Gasteiger partial charge in [-0.25, -0.2) is 8.42 Å². The van der Waals surface area contributed by atoms with E-state index in [1.807, 2.05) is 6.07 Å². The highest BCUT2D eigenvalue weighted by Gasteiger charge is 2.13. The van der Waals surface area contributed by atoms with Crippen molar-refractivity contribution in [2.75, 3.05) is 46.1 Å². The van der Waals surface area contributed by atoms with Gasteiger partial charge in [-0.3, -0.25) is 0 Å². The van der Waals surface area contributed by atoms with E-state index in [4.69, 9.17) is 4.74 Å². The predicted octanol–water partition coefficient (Wildman–Crippen LogP) is 0.546. The van der Waals surface area contributed by atoms with Gasteiger partial charge in [0.15, 0.2) is 9.84 Å². The van der Waals surface area contributed by atoms with Gasteiger partial charge >= 0.3 is 0 Å². The molecule has 5 nitrogen and oxygen atoms in total. The Kier molecular flexibility index (Phi) is 5.01. The third-order valence-corrected chi connectivity index (χ3v) is 4.70. The molecule has 0 saturated carbocycles. The molecule has 1 heterocycles. The van der Waals surface area contributed by atoms with Gasteiger partial charge in [0.2, 0.25) is 0 Å². The molecule has 0 aromatic heterocycles. The second-order valence-corrected chi connectivity index (χ2v) is 7.10. The Bertz CT molecular complexity index is 552. The van der Waals surface area contributed by atoms with Crippen molar-refractivity contribution in [3.05, 3.63) is 23.8 Å². The molecule has 1 aromatic carbocycles. The molecule has 2 rings (SSSR count). The lowest BCUT2D eigenvalue weighted by Crippen LogP contribution is -2.44. The molecule has 0 aliphatic carbocycles. The molecule has 0 radical (unpaired) electrons. The first-order chi connectivity index (χ1) is 9.50. The van der Waals surface area contributed by atoms with Gasteiger partial charge < -0.3 is 15.0 Å². The lowest BCUT2D eigenvalue weighted by atomic mass is 10.1. The molecule has 1 aromatic rings. The predicted molar refractivity (Wildman–Crippen MR) is 79.1 cm³/mol. The molecular weight excluding hydrogens is 276 g/mol. The highest BCUT2D eigenvalue weighted by molar-refractivity contribution is 7.90. The second-order valence-electron chi connectivity index (χ2n) is 5.09. The van der Waals surface area contributed by atoms with Gasteiger partial charge in [0.05, 0.1) is 12.0 Å². The summed E-state index contributed by atoms with van der Waals surface area (Å²) in [5.41, 5.74) is 1.05. The maximum atomic E-state index is 11.5. The van der Waals surface area contributed by atoms with Crippen molar-refractivity contribution in [3.63, 3.8) is 0 Å². The number of rotatable bonds is 5. The van der Waals surface area contributed by atoms with Gasteiger partial charge in [0.1, 0.15) is 5.75 Å². The topological polar surface area (TPSA) is 58.6 Å². The zero-order chi connectivity index (χ0) is 14.6. The Morgan fingerprint density at radius 2 is 2.00 bits per heavy atom. The Morgan fingerprint density at radius 1 is 1.30 bits per heavy atom. The summed E-state index contributed by atoms with van der Waals surface area (Å²) in [5.74, 6) is 0.656. The lowest BCUT2D eigenvalue weighted by Gasteiger charge is -2.27. The summed E-state index contributed by atoms with van der Waals surface area (Å²) in [5, 5.41) is 3.33. The molecule has 20 heavy (non-hydrogen) atoms. The van der Waals surface area contributed by atoms with Crippen LogP contribution in [-0.2, 0) is 16.3 Å². The standard InChI is InChI=1S/C14H22N2O3S/c1-19-14-11-13(20(2,17)18)4-3-12(14)5-8-16-9-6-15-7-10-16/h3-4,11,15H,5-10H2,1-2H3. The minimum Gasteiger partial charge on any atom is -0.496 e. The van der Waals surface area contributed by atoms with E-state index in [-0.39, 0.29) is 0 Å². The van der Waals surface area contributed by atoms with Crippen LogP contribution in [0.5, 0.6) is 5.75 Å². The summed E-state index contributed by atoms with van der Waals surface area (Å²) in [7, 11) is -1.61. The molecule has 1 saturated heterocycles.